The van der Waals surface area contributed by atoms with E-state index in [0.29, 0.717) is 17.0 Å². The molecule has 0 saturated carbocycles. The van der Waals surface area contributed by atoms with Crippen LogP contribution in [0.15, 0.2) is 28.7 Å². The highest BCUT2D eigenvalue weighted by molar-refractivity contribution is 9.10. The van der Waals surface area contributed by atoms with Gasteiger partial charge < -0.3 is 5.11 Å². The molecule has 0 aliphatic carbocycles. The van der Waals surface area contributed by atoms with Crippen molar-refractivity contribution < 1.29 is 9.90 Å². The molecule has 5 heteroatoms. The number of rotatable bonds is 3. The first-order valence-corrected chi connectivity index (χ1v) is 7.87. The average Bonchev–Trinajstić information content (AvgIpc) is 2.76. The van der Waals surface area contributed by atoms with Crippen LogP contribution in [0.2, 0.25) is 0 Å². The van der Waals surface area contributed by atoms with Crippen LogP contribution in [0, 0.1) is 0 Å². The average molecular weight is 354 g/mol. The molecule has 0 aliphatic rings. The van der Waals surface area contributed by atoms with Crippen molar-refractivity contribution in [1.82, 2.24) is 4.98 Å². The maximum Gasteiger partial charge on any atom is 0.347 e. The molecule has 1 aromatic carbocycles. The molecule has 1 aromatic heterocycles. The molecule has 0 bridgehead atoms. The second-order valence-corrected chi connectivity index (χ2v) is 7.47. The Bertz CT molecular complexity index is 644. The Hall–Kier alpha value is -1.20. The minimum absolute atomic E-state index is 0.138. The van der Waals surface area contributed by atoms with E-state index in [-0.39, 0.29) is 5.41 Å². The van der Waals surface area contributed by atoms with Gasteiger partial charge in [0, 0.05) is 16.3 Å². The van der Waals surface area contributed by atoms with E-state index in [0.717, 1.165) is 15.0 Å². The molecule has 0 aliphatic heterocycles. The molecule has 0 fully saturated rings. The molecule has 20 heavy (non-hydrogen) atoms. The van der Waals surface area contributed by atoms with Gasteiger partial charge in [-0.05, 0) is 11.6 Å². The highest BCUT2D eigenvalue weighted by Crippen LogP contribution is 2.31. The summed E-state index contributed by atoms with van der Waals surface area (Å²) in [6.45, 7) is 6.12. The number of hydrogen-bond donors (Lipinski definition) is 1. The lowest BCUT2D eigenvalue weighted by atomic mass is 9.98. The number of aromatic nitrogens is 1. The van der Waals surface area contributed by atoms with Crippen LogP contribution in [-0.2, 0) is 11.8 Å². The summed E-state index contributed by atoms with van der Waals surface area (Å²) >= 11 is 4.76. The van der Waals surface area contributed by atoms with Crippen molar-refractivity contribution in [3.05, 3.63) is 49.9 Å². The number of halogens is 1. The van der Waals surface area contributed by atoms with Crippen molar-refractivity contribution in [3.8, 4) is 0 Å². The molecular formula is C15H16BrNO2S. The van der Waals surface area contributed by atoms with Gasteiger partial charge in [0.25, 0.3) is 0 Å². The summed E-state index contributed by atoms with van der Waals surface area (Å²) in [4.78, 5) is 16.3. The van der Waals surface area contributed by atoms with Gasteiger partial charge in [0.2, 0.25) is 0 Å². The Morgan fingerprint density at radius 2 is 2.00 bits per heavy atom. The lowest BCUT2D eigenvalue weighted by molar-refractivity contribution is 0.0701. The molecule has 2 rings (SSSR count). The molecule has 0 saturated heterocycles. The standard InChI is InChI=1S/C15H16BrNO2S/c1-15(2,3)14-17-11(12(20-14)13(18)19)8-9-6-4-5-7-10(9)16/h4-7H,8H2,1-3H3,(H,18,19). The molecule has 3 nitrogen and oxygen atoms in total. The summed E-state index contributed by atoms with van der Waals surface area (Å²) in [5, 5.41) is 10.2. The first-order valence-electron chi connectivity index (χ1n) is 6.26. The number of aromatic carboxylic acids is 1. The monoisotopic (exact) mass is 353 g/mol. The van der Waals surface area contributed by atoms with Crippen LogP contribution in [0.5, 0.6) is 0 Å². The lowest BCUT2D eigenvalue weighted by Crippen LogP contribution is -2.10. The van der Waals surface area contributed by atoms with Gasteiger partial charge in [-0.1, -0.05) is 54.9 Å². The second-order valence-electron chi connectivity index (χ2n) is 5.62. The Kier molecular flexibility index (Phi) is 4.30. The van der Waals surface area contributed by atoms with Gasteiger partial charge in [-0.2, -0.15) is 0 Å². The van der Waals surface area contributed by atoms with Crippen molar-refractivity contribution in [2.45, 2.75) is 32.6 Å². The molecule has 1 heterocycles. The van der Waals surface area contributed by atoms with Crippen LogP contribution in [0.1, 0.15) is 46.7 Å². The van der Waals surface area contributed by atoms with Gasteiger partial charge in [-0.25, -0.2) is 9.78 Å². The van der Waals surface area contributed by atoms with Crippen LogP contribution in [0.4, 0.5) is 0 Å². The fraction of sp³-hybridized carbons (Fsp3) is 0.333. The van der Waals surface area contributed by atoms with Crippen LogP contribution in [0.25, 0.3) is 0 Å². The van der Waals surface area contributed by atoms with Gasteiger partial charge in [0.1, 0.15) is 4.88 Å². The zero-order valence-corrected chi connectivity index (χ0v) is 14.0. The molecule has 106 valence electrons. The van der Waals surface area contributed by atoms with Gasteiger partial charge in [0.05, 0.1) is 10.7 Å². The molecule has 2 aromatic rings. The maximum absolute atomic E-state index is 11.4. The first-order chi connectivity index (χ1) is 9.29. The fourth-order valence-electron chi connectivity index (χ4n) is 1.78. The predicted octanol–water partition coefficient (Wildman–Crippen LogP) is 4.49. The fourth-order valence-corrected chi connectivity index (χ4v) is 3.18. The smallest absolute Gasteiger partial charge is 0.347 e. The molecule has 1 N–H and O–H groups in total. The quantitative estimate of drug-likeness (QED) is 0.883. The molecule has 0 atom stereocenters. The molecule has 0 radical (unpaired) electrons. The number of carbonyl (C=O) groups is 1. The zero-order valence-electron chi connectivity index (χ0n) is 11.6. The number of hydrogen-bond acceptors (Lipinski definition) is 3. The first kappa shape index (κ1) is 15.2. The van der Waals surface area contributed by atoms with E-state index in [1.165, 1.54) is 11.3 Å². The van der Waals surface area contributed by atoms with Gasteiger partial charge >= 0.3 is 5.97 Å². The highest BCUT2D eigenvalue weighted by Gasteiger charge is 2.24. The van der Waals surface area contributed by atoms with Crippen molar-refractivity contribution in [2.75, 3.05) is 0 Å². The van der Waals surface area contributed by atoms with Gasteiger partial charge in [0.15, 0.2) is 0 Å². The van der Waals surface area contributed by atoms with Crippen molar-refractivity contribution >= 4 is 33.2 Å². The van der Waals surface area contributed by atoms with E-state index in [1.807, 2.05) is 45.0 Å². The molecule has 0 spiro atoms. The lowest BCUT2D eigenvalue weighted by Gasteiger charge is -2.13. The van der Waals surface area contributed by atoms with Gasteiger partial charge in [-0.15, -0.1) is 11.3 Å². The summed E-state index contributed by atoms with van der Waals surface area (Å²) in [7, 11) is 0. The zero-order chi connectivity index (χ0) is 14.9. The van der Waals surface area contributed by atoms with E-state index in [1.54, 1.807) is 0 Å². The van der Waals surface area contributed by atoms with Crippen LogP contribution in [-0.4, -0.2) is 16.1 Å². The Morgan fingerprint density at radius 3 is 2.55 bits per heavy atom. The Morgan fingerprint density at radius 1 is 1.35 bits per heavy atom. The maximum atomic E-state index is 11.4. The van der Waals surface area contributed by atoms with Crippen molar-refractivity contribution in [2.24, 2.45) is 0 Å². The van der Waals surface area contributed by atoms with Crippen molar-refractivity contribution in [3.63, 3.8) is 0 Å². The summed E-state index contributed by atoms with van der Waals surface area (Å²) < 4.78 is 0.974. The topological polar surface area (TPSA) is 50.2 Å². The number of benzene rings is 1. The molecule has 0 unspecified atom stereocenters. The van der Waals surface area contributed by atoms with E-state index in [4.69, 9.17) is 0 Å². The van der Waals surface area contributed by atoms with Crippen LogP contribution in [0.3, 0.4) is 0 Å². The van der Waals surface area contributed by atoms with E-state index in [9.17, 15) is 9.90 Å². The summed E-state index contributed by atoms with van der Waals surface area (Å²) in [6, 6.07) is 7.81. The third-order valence-corrected chi connectivity index (χ3v) is 5.13. The van der Waals surface area contributed by atoms with E-state index >= 15 is 0 Å². The minimum Gasteiger partial charge on any atom is -0.477 e. The van der Waals surface area contributed by atoms with Gasteiger partial charge in [-0.3, -0.25) is 0 Å². The Balaban J connectivity index is 2.43. The van der Waals surface area contributed by atoms with E-state index in [2.05, 4.69) is 20.9 Å². The minimum atomic E-state index is -0.903. The number of carboxylic acids is 1. The normalized spacial score (nSPS) is 11.6. The number of carboxylic acid groups (broad SMARTS) is 1. The number of nitrogens with zero attached hydrogens (tertiary/aromatic N) is 1. The summed E-state index contributed by atoms with van der Waals surface area (Å²) in [6.07, 6.45) is 0.523. The summed E-state index contributed by atoms with van der Waals surface area (Å²) in [5.74, 6) is -0.903. The number of thiazole rings is 1. The highest BCUT2D eigenvalue weighted by atomic mass is 79.9. The van der Waals surface area contributed by atoms with Crippen LogP contribution < -0.4 is 0 Å². The van der Waals surface area contributed by atoms with Crippen molar-refractivity contribution in [1.29, 1.82) is 0 Å². The molecule has 0 amide bonds. The second kappa shape index (κ2) is 5.66. The summed E-state index contributed by atoms with van der Waals surface area (Å²) in [5.41, 5.74) is 1.54. The van der Waals surface area contributed by atoms with E-state index < -0.39 is 5.97 Å². The SMILES string of the molecule is CC(C)(C)c1nc(Cc2ccccc2Br)c(C(=O)O)s1. The molecular weight excluding hydrogens is 338 g/mol. The largest absolute Gasteiger partial charge is 0.477 e. The third-order valence-electron chi connectivity index (χ3n) is 2.85. The predicted molar refractivity (Wildman–Crippen MR) is 84.7 cm³/mol. The Labute approximate surface area is 130 Å². The van der Waals surface area contributed by atoms with Crippen LogP contribution >= 0.6 is 27.3 Å². The third kappa shape index (κ3) is 3.27.